The first kappa shape index (κ1) is 9.52. The molecule has 0 aromatic carbocycles. The normalized spacial score (nSPS) is 26.1. The summed E-state index contributed by atoms with van der Waals surface area (Å²) in [5.41, 5.74) is 0.982. The molecule has 0 unspecified atom stereocenters. The molecule has 0 N–H and O–H groups in total. The molecule has 2 nitrogen and oxygen atoms in total. The van der Waals surface area contributed by atoms with Crippen molar-refractivity contribution < 1.29 is 9.53 Å². The van der Waals surface area contributed by atoms with Gasteiger partial charge in [0.25, 0.3) is 0 Å². The fourth-order valence-corrected chi connectivity index (χ4v) is 0.888. The predicted octanol–water partition coefficient (Wildman–Crippen LogP) is 2.16. The first-order valence-electron chi connectivity index (χ1n) is 4.13. The van der Waals surface area contributed by atoms with E-state index in [2.05, 4.69) is 0 Å². The SMILES string of the molecule is CC(=O)OCC1=C/C=C\C=C/C=C\1. The molecule has 0 bridgehead atoms. The number of carbonyl (C=O) groups is 1. The summed E-state index contributed by atoms with van der Waals surface area (Å²) in [5.74, 6) is -0.254. The second-order valence-electron chi connectivity index (χ2n) is 2.65. The van der Waals surface area contributed by atoms with Crippen LogP contribution in [-0.2, 0) is 9.53 Å². The molecule has 0 amide bonds. The Kier molecular flexibility index (Phi) is 3.76. The fraction of sp³-hybridized carbons (Fsp3) is 0.182. The number of ether oxygens (including phenoxy) is 1. The highest BCUT2D eigenvalue weighted by atomic mass is 16.5. The van der Waals surface area contributed by atoms with Crippen LogP contribution >= 0.6 is 0 Å². The quantitative estimate of drug-likeness (QED) is 0.602. The van der Waals surface area contributed by atoms with Crippen LogP contribution in [0.4, 0.5) is 0 Å². The third-order valence-corrected chi connectivity index (χ3v) is 1.51. The van der Waals surface area contributed by atoms with Gasteiger partial charge in [0.1, 0.15) is 6.61 Å². The van der Waals surface area contributed by atoms with Crippen molar-refractivity contribution in [2.45, 2.75) is 6.92 Å². The Bertz CT molecular complexity index is 293. The maximum absolute atomic E-state index is 10.5. The summed E-state index contributed by atoms with van der Waals surface area (Å²) >= 11 is 0. The van der Waals surface area contributed by atoms with Crippen molar-refractivity contribution >= 4 is 5.97 Å². The van der Waals surface area contributed by atoms with Gasteiger partial charge in [-0.3, -0.25) is 4.79 Å². The van der Waals surface area contributed by atoms with Gasteiger partial charge in [0.15, 0.2) is 0 Å². The molecule has 2 heteroatoms. The monoisotopic (exact) mass is 176 g/mol. The van der Waals surface area contributed by atoms with Crippen molar-refractivity contribution in [2.24, 2.45) is 0 Å². The van der Waals surface area contributed by atoms with Crippen LogP contribution in [0.1, 0.15) is 6.92 Å². The lowest BCUT2D eigenvalue weighted by Crippen LogP contribution is -2.01. The van der Waals surface area contributed by atoms with E-state index in [1.807, 2.05) is 42.5 Å². The van der Waals surface area contributed by atoms with E-state index in [0.717, 1.165) is 5.57 Å². The van der Waals surface area contributed by atoms with E-state index in [1.165, 1.54) is 6.92 Å². The van der Waals surface area contributed by atoms with Crippen molar-refractivity contribution in [3.8, 4) is 0 Å². The highest BCUT2D eigenvalue weighted by molar-refractivity contribution is 5.66. The van der Waals surface area contributed by atoms with Gasteiger partial charge in [0, 0.05) is 6.92 Å². The van der Waals surface area contributed by atoms with E-state index in [1.54, 1.807) is 0 Å². The summed E-state index contributed by atoms with van der Waals surface area (Å²) in [6, 6.07) is 0. The molecular weight excluding hydrogens is 164 g/mol. The third kappa shape index (κ3) is 4.11. The number of allylic oxidation sites excluding steroid dienone is 6. The Labute approximate surface area is 77.9 Å². The van der Waals surface area contributed by atoms with Crippen LogP contribution in [0, 0.1) is 0 Å². The Morgan fingerprint density at radius 1 is 1.23 bits per heavy atom. The highest BCUT2D eigenvalue weighted by Gasteiger charge is 1.95. The molecule has 0 radical (unpaired) electrons. The largest absolute Gasteiger partial charge is 0.461 e. The lowest BCUT2D eigenvalue weighted by atomic mass is 10.2. The van der Waals surface area contributed by atoms with Crippen molar-refractivity contribution in [1.29, 1.82) is 0 Å². The predicted molar refractivity (Wildman–Crippen MR) is 52.1 cm³/mol. The van der Waals surface area contributed by atoms with E-state index < -0.39 is 0 Å². The van der Waals surface area contributed by atoms with Crippen LogP contribution in [0.2, 0.25) is 0 Å². The lowest BCUT2D eigenvalue weighted by molar-refractivity contribution is -0.139. The van der Waals surface area contributed by atoms with Crippen molar-refractivity contribution in [3.63, 3.8) is 0 Å². The molecule has 0 aromatic rings. The molecule has 68 valence electrons. The molecule has 0 aromatic heterocycles. The topological polar surface area (TPSA) is 26.3 Å². The maximum Gasteiger partial charge on any atom is 0.302 e. The molecule has 13 heavy (non-hydrogen) atoms. The summed E-state index contributed by atoms with van der Waals surface area (Å²) < 4.78 is 4.86. The Balaban J connectivity index is 2.53. The van der Waals surface area contributed by atoms with Crippen molar-refractivity contribution in [2.75, 3.05) is 6.61 Å². The average molecular weight is 176 g/mol. The Morgan fingerprint density at radius 3 is 2.69 bits per heavy atom. The standard InChI is InChI=1S/C11H12O2/c1-10(12)13-9-11-7-5-3-2-4-6-8-11/h2-8H,9H2,1H3/b3-2-,4-2?,5-3?,6-4-,7-5-,8-6?,11-7?,11-8+. The molecule has 0 fully saturated rings. The Hall–Kier alpha value is -1.57. The van der Waals surface area contributed by atoms with Crippen LogP contribution in [0.5, 0.6) is 0 Å². The first-order chi connectivity index (χ1) is 6.29. The van der Waals surface area contributed by atoms with Crippen LogP contribution in [-0.4, -0.2) is 12.6 Å². The number of hydrogen-bond acceptors (Lipinski definition) is 2. The minimum Gasteiger partial charge on any atom is -0.461 e. The molecule has 1 rings (SSSR count). The number of carbonyl (C=O) groups excluding carboxylic acids is 1. The van der Waals surface area contributed by atoms with Gasteiger partial charge < -0.3 is 4.74 Å². The zero-order valence-electron chi connectivity index (χ0n) is 7.57. The molecule has 0 saturated carbocycles. The van der Waals surface area contributed by atoms with Gasteiger partial charge in [0.2, 0.25) is 0 Å². The van der Waals surface area contributed by atoms with Crippen LogP contribution < -0.4 is 0 Å². The Morgan fingerprint density at radius 2 is 1.92 bits per heavy atom. The average Bonchev–Trinajstić information content (AvgIpc) is 2.01. The van der Waals surface area contributed by atoms with Crippen molar-refractivity contribution in [1.82, 2.24) is 0 Å². The lowest BCUT2D eigenvalue weighted by Gasteiger charge is -2.01. The maximum atomic E-state index is 10.5. The molecule has 0 saturated heterocycles. The summed E-state index contributed by atoms with van der Waals surface area (Å²) in [6.45, 7) is 1.74. The van der Waals surface area contributed by atoms with Gasteiger partial charge in [-0.25, -0.2) is 0 Å². The number of hydrogen-bond donors (Lipinski definition) is 0. The molecular formula is C11H12O2. The highest BCUT2D eigenvalue weighted by Crippen LogP contribution is 2.02. The van der Waals surface area contributed by atoms with Gasteiger partial charge in [-0.1, -0.05) is 42.5 Å². The van der Waals surface area contributed by atoms with Gasteiger partial charge in [-0.2, -0.15) is 0 Å². The fourth-order valence-electron chi connectivity index (χ4n) is 0.888. The first-order valence-corrected chi connectivity index (χ1v) is 4.13. The molecule has 0 aliphatic heterocycles. The summed E-state index contributed by atoms with van der Waals surface area (Å²) in [7, 11) is 0. The van der Waals surface area contributed by atoms with Crippen molar-refractivity contribution in [3.05, 3.63) is 48.1 Å². The van der Waals surface area contributed by atoms with E-state index in [0.29, 0.717) is 6.61 Å². The number of esters is 1. The minimum absolute atomic E-state index is 0.254. The van der Waals surface area contributed by atoms with E-state index in [4.69, 9.17) is 4.74 Å². The van der Waals surface area contributed by atoms with Gasteiger partial charge >= 0.3 is 5.97 Å². The van der Waals surface area contributed by atoms with E-state index in [9.17, 15) is 4.79 Å². The second-order valence-corrected chi connectivity index (χ2v) is 2.65. The van der Waals surface area contributed by atoms with E-state index >= 15 is 0 Å². The number of rotatable bonds is 2. The second kappa shape index (κ2) is 5.14. The molecule has 1 aliphatic rings. The van der Waals surface area contributed by atoms with Gasteiger partial charge in [-0.05, 0) is 5.57 Å². The smallest absolute Gasteiger partial charge is 0.302 e. The summed E-state index contributed by atoms with van der Waals surface area (Å²) in [4.78, 5) is 10.5. The van der Waals surface area contributed by atoms with E-state index in [-0.39, 0.29) is 5.97 Å². The van der Waals surface area contributed by atoms with Gasteiger partial charge in [0.05, 0.1) is 0 Å². The van der Waals surface area contributed by atoms with Crippen LogP contribution in [0.3, 0.4) is 0 Å². The molecule has 0 spiro atoms. The summed E-state index contributed by atoms with van der Waals surface area (Å²) in [5, 5.41) is 0. The van der Waals surface area contributed by atoms with Crippen LogP contribution in [0.15, 0.2) is 48.1 Å². The zero-order chi connectivity index (χ0) is 9.52. The molecule has 0 heterocycles. The van der Waals surface area contributed by atoms with Gasteiger partial charge in [-0.15, -0.1) is 0 Å². The van der Waals surface area contributed by atoms with Crippen LogP contribution in [0.25, 0.3) is 0 Å². The minimum atomic E-state index is -0.254. The molecule has 0 atom stereocenters. The molecule has 1 aliphatic carbocycles. The summed E-state index contributed by atoms with van der Waals surface area (Å²) in [6.07, 6.45) is 13.5. The third-order valence-electron chi connectivity index (χ3n) is 1.51. The zero-order valence-corrected chi connectivity index (χ0v) is 7.57.